The van der Waals surface area contributed by atoms with Crippen LogP contribution in [0.4, 0.5) is 5.82 Å². The molecule has 3 rings (SSSR count). The number of hydrogen-bond donors (Lipinski definition) is 0. The lowest BCUT2D eigenvalue weighted by Gasteiger charge is -2.35. The van der Waals surface area contributed by atoms with Gasteiger partial charge in [-0.2, -0.15) is 20.1 Å². The molecule has 2 aromatic rings. The van der Waals surface area contributed by atoms with Gasteiger partial charge in [0.15, 0.2) is 0 Å². The zero-order valence-electron chi connectivity index (χ0n) is 13.7. The Morgan fingerprint density at radius 3 is 2.39 bits per heavy atom. The topological polar surface area (TPSA) is 72.1 Å². The summed E-state index contributed by atoms with van der Waals surface area (Å²) < 4.78 is 1.55. The molecule has 0 bridgehead atoms. The Labute approximate surface area is 135 Å². The summed E-state index contributed by atoms with van der Waals surface area (Å²) in [5.74, 6) is 0.881. The lowest BCUT2D eigenvalue weighted by Crippen LogP contribution is -2.48. The standard InChI is InChI=1S/C15H23N7O/c1-13(2)22-15(23)4-3-14(18-22)20-10-7-19(8-11-20)9-12-21-16-5-6-17-21/h3-6,13H,7-12H2,1-2H3. The van der Waals surface area contributed by atoms with Crippen LogP contribution in [0.15, 0.2) is 29.3 Å². The van der Waals surface area contributed by atoms with Crippen LogP contribution in [-0.4, -0.2) is 62.4 Å². The number of rotatable bonds is 5. The third-order valence-electron chi connectivity index (χ3n) is 4.08. The minimum absolute atomic E-state index is 0.0471. The quantitative estimate of drug-likeness (QED) is 0.786. The molecule has 0 N–H and O–H groups in total. The van der Waals surface area contributed by atoms with Gasteiger partial charge < -0.3 is 4.90 Å². The minimum Gasteiger partial charge on any atom is -0.353 e. The molecule has 1 saturated heterocycles. The Bertz CT molecular complexity index is 671. The molecule has 0 unspecified atom stereocenters. The van der Waals surface area contributed by atoms with Gasteiger partial charge in [0.2, 0.25) is 0 Å². The van der Waals surface area contributed by atoms with Crippen molar-refractivity contribution in [3.8, 4) is 0 Å². The molecule has 2 aromatic heterocycles. The third kappa shape index (κ3) is 3.76. The highest BCUT2D eigenvalue weighted by atomic mass is 16.1. The average Bonchev–Trinajstić information content (AvgIpc) is 3.07. The number of hydrogen-bond acceptors (Lipinski definition) is 6. The zero-order valence-corrected chi connectivity index (χ0v) is 13.7. The van der Waals surface area contributed by atoms with Gasteiger partial charge in [-0.25, -0.2) is 4.68 Å². The van der Waals surface area contributed by atoms with Crippen molar-refractivity contribution in [2.24, 2.45) is 0 Å². The SMILES string of the molecule is CC(C)n1nc(N2CCN(CCn3nccn3)CC2)ccc1=O. The fourth-order valence-electron chi connectivity index (χ4n) is 2.74. The monoisotopic (exact) mass is 317 g/mol. The summed E-state index contributed by atoms with van der Waals surface area (Å²) in [6.45, 7) is 9.48. The first-order valence-electron chi connectivity index (χ1n) is 8.05. The van der Waals surface area contributed by atoms with Crippen molar-refractivity contribution >= 4 is 5.82 Å². The first-order chi connectivity index (χ1) is 11.1. The maximum absolute atomic E-state index is 11.8. The summed E-state index contributed by atoms with van der Waals surface area (Å²) in [7, 11) is 0. The number of piperazine rings is 1. The zero-order chi connectivity index (χ0) is 16.2. The molecule has 8 nitrogen and oxygen atoms in total. The minimum atomic E-state index is -0.0471. The molecule has 0 atom stereocenters. The van der Waals surface area contributed by atoms with Crippen LogP contribution in [-0.2, 0) is 6.54 Å². The molecular formula is C15H23N7O. The van der Waals surface area contributed by atoms with Gasteiger partial charge in [0.1, 0.15) is 5.82 Å². The molecule has 23 heavy (non-hydrogen) atoms. The largest absolute Gasteiger partial charge is 0.353 e. The van der Waals surface area contributed by atoms with E-state index < -0.39 is 0 Å². The highest BCUT2D eigenvalue weighted by Crippen LogP contribution is 2.12. The van der Waals surface area contributed by atoms with Crippen LogP contribution in [0.3, 0.4) is 0 Å². The first kappa shape index (κ1) is 15.7. The smallest absolute Gasteiger partial charge is 0.267 e. The lowest BCUT2D eigenvalue weighted by atomic mass is 10.3. The van der Waals surface area contributed by atoms with Crippen LogP contribution in [0, 0.1) is 0 Å². The van der Waals surface area contributed by atoms with E-state index in [1.807, 2.05) is 19.9 Å². The molecule has 1 fully saturated rings. The van der Waals surface area contributed by atoms with Gasteiger partial charge in [0, 0.05) is 38.8 Å². The van der Waals surface area contributed by atoms with E-state index in [9.17, 15) is 4.79 Å². The Hall–Kier alpha value is -2.22. The second-order valence-electron chi connectivity index (χ2n) is 6.02. The van der Waals surface area contributed by atoms with Gasteiger partial charge in [-0.3, -0.25) is 9.69 Å². The summed E-state index contributed by atoms with van der Waals surface area (Å²) >= 11 is 0. The van der Waals surface area contributed by atoms with E-state index >= 15 is 0 Å². The maximum atomic E-state index is 11.8. The van der Waals surface area contributed by atoms with Gasteiger partial charge in [0.05, 0.1) is 25.0 Å². The van der Waals surface area contributed by atoms with E-state index in [4.69, 9.17) is 0 Å². The second-order valence-corrected chi connectivity index (χ2v) is 6.02. The van der Waals surface area contributed by atoms with Crippen LogP contribution in [0.1, 0.15) is 19.9 Å². The van der Waals surface area contributed by atoms with Crippen molar-refractivity contribution in [1.82, 2.24) is 29.7 Å². The Morgan fingerprint density at radius 1 is 1.04 bits per heavy atom. The fraction of sp³-hybridized carbons (Fsp3) is 0.600. The van der Waals surface area contributed by atoms with Crippen molar-refractivity contribution in [2.75, 3.05) is 37.6 Å². The second kappa shape index (κ2) is 6.91. The van der Waals surface area contributed by atoms with E-state index in [0.717, 1.165) is 45.1 Å². The predicted molar refractivity (Wildman–Crippen MR) is 87.6 cm³/mol. The predicted octanol–water partition coefficient (Wildman–Crippen LogP) is 0.238. The van der Waals surface area contributed by atoms with Gasteiger partial charge in [0.25, 0.3) is 5.56 Å². The first-order valence-corrected chi connectivity index (χ1v) is 8.05. The molecule has 0 amide bonds. The summed E-state index contributed by atoms with van der Waals surface area (Å²) in [6.07, 6.45) is 3.40. The van der Waals surface area contributed by atoms with E-state index in [2.05, 4.69) is 25.1 Å². The van der Waals surface area contributed by atoms with E-state index in [1.165, 1.54) is 0 Å². The molecule has 8 heteroatoms. The number of nitrogens with zero attached hydrogens (tertiary/aromatic N) is 7. The molecule has 0 saturated carbocycles. The molecule has 0 spiro atoms. The van der Waals surface area contributed by atoms with Crippen molar-refractivity contribution in [1.29, 1.82) is 0 Å². The lowest BCUT2D eigenvalue weighted by molar-refractivity contribution is 0.238. The molecular weight excluding hydrogens is 294 g/mol. The van der Waals surface area contributed by atoms with Gasteiger partial charge in [-0.1, -0.05) is 0 Å². The van der Waals surface area contributed by atoms with Crippen molar-refractivity contribution in [2.45, 2.75) is 26.4 Å². The van der Waals surface area contributed by atoms with E-state index in [-0.39, 0.29) is 11.6 Å². The highest BCUT2D eigenvalue weighted by Gasteiger charge is 2.19. The molecule has 0 aliphatic carbocycles. The van der Waals surface area contributed by atoms with E-state index in [1.54, 1.807) is 27.9 Å². The molecule has 124 valence electrons. The van der Waals surface area contributed by atoms with Crippen LogP contribution in [0.2, 0.25) is 0 Å². The molecule has 1 aliphatic heterocycles. The van der Waals surface area contributed by atoms with Crippen LogP contribution in [0.5, 0.6) is 0 Å². The molecule has 3 heterocycles. The van der Waals surface area contributed by atoms with Crippen molar-refractivity contribution in [3.63, 3.8) is 0 Å². The number of anilines is 1. The van der Waals surface area contributed by atoms with Gasteiger partial charge in [-0.05, 0) is 19.9 Å². The average molecular weight is 317 g/mol. The third-order valence-corrected chi connectivity index (χ3v) is 4.08. The molecule has 0 radical (unpaired) electrons. The Kier molecular flexibility index (Phi) is 4.71. The van der Waals surface area contributed by atoms with Gasteiger partial charge >= 0.3 is 0 Å². The number of aromatic nitrogens is 5. The van der Waals surface area contributed by atoms with Crippen LogP contribution < -0.4 is 10.5 Å². The summed E-state index contributed by atoms with van der Waals surface area (Å²) in [6, 6.07) is 3.51. The summed E-state index contributed by atoms with van der Waals surface area (Å²) in [5.41, 5.74) is -0.0471. The van der Waals surface area contributed by atoms with Crippen LogP contribution in [0.25, 0.3) is 0 Å². The summed E-state index contributed by atoms with van der Waals surface area (Å²) in [5, 5.41) is 12.7. The molecule has 0 aromatic carbocycles. The van der Waals surface area contributed by atoms with Crippen molar-refractivity contribution in [3.05, 3.63) is 34.9 Å². The Balaban J connectivity index is 1.56. The molecule has 1 aliphatic rings. The maximum Gasteiger partial charge on any atom is 0.267 e. The van der Waals surface area contributed by atoms with E-state index in [0.29, 0.717) is 0 Å². The van der Waals surface area contributed by atoms with Crippen LogP contribution >= 0.6 is 0 Å². The summed E-state index contributed by atoms with van der Waals surface area (Å²) in [4.78, 5) is 18.2. The van der Waals surface area contributed by atoms with Crippen molar-refractivity contribution < 1.29 is 0 Å². The van der Waals surface area contributed by atoms with Gasteiger partial charge in [-0.15, -0.1) is 0 Å². The highest BCUT2D eigenvalue weighted by molar-refractivity contribution is 5.37. The normalized spacial score (nSPS) is 16.2. The Morgan fingerprint density at radius 2 is 1.74 bits per heavy atom. The fourth-order valence-corrected chi connectivity index (χ4v) is 2.74.